The maximum Gasteiger partial charge on any atom is 0.191 e. The molecule has 1 aliphatic heterocycles. The molecule has 1 aliphatic rings. The Bertz CT molecular complexity index is 682. The molecule has 1 atom stereocenters. The van der Waals surface area contributed by atoms with E-state index in [1.807, 2.05) is 18.4 Å². The lowest BCUT2D eigenvalue weighted by molar-refractivity contribution is 0.179. The second-order valence-corrected chi connectivity index (χ2v) is 8.48. The van der Waals surface area contributed by atoms with Crippen LogP contribution in [0, 0.1) is 5.92 Å². The molecule has 28 heavy (non-hydrogen) atoms. The van der Waals surface area contributed by atoms with Gasteiger partial charge in [-0.05, 0) is 54.8 Å². The van der Waals surface area contributed by atoms with Crippen molar-refractivity contribution in [2.75, 3.05) is 33.2 Å². The Morgan fingerprint density at radius 1 is 1.14 bits per heavy atom. The largest absolute Gasteiger partial charge is 0.356 e. The van der Waals surface area contributed by atoms with Crippen LogP contribution in [0.2, 0.25) is 0 Å². The predicted octanol–water partition coefficient (Wildman–Crippen LogP) is 4.55. The fourth-order valence-electron chi connectivity index (χ4n) is 3.58. The molecule has 1 saturated heterocycles. The molecule has 2 heterocycles. The van der Waals surface area contributed by atoms with Crippen molar-refractivity contribution in [1.29, 1.82) is 0 Å². The van der Waals surface area contributed by atoms with Crippen LogP contribution in [0.25, 0.3) is 0 Å². The molecular weight excluding hydrogens is 479 g/mol. The average molecular weight is 513 g/mol. The molecule has 2 N–H and O–H groups in total. The van der Waals surface area contributed by atoms with Gasteiger partial charge < -0.3 is 10.6 Å². The van der Waals surface area contributed by atoms with Crippen molar-refractivity contribution in [2.24, 2.45) is 10.9 Å². The molecule has 0 amide bonds. The number of hydrogen-bond donors (Lipinski definition) is 2. The normalized spacial score (nSPS) is 17.0. The third-order valence-electron chi connectivity index (χ3n) is 5.39. The van der Waals surface area contributed by atoms with Gasteiger partial charge in [0.05, 0.1) is 0 Å². The second-order valence-electron chi connectivity index (χ2n) is 7.44. The zero-order chi connectivity index (χ0) is 18.9. The van der Waals surface area contributed by atoms with Crippen LogP contribution in [0.3, 0.4) is 0 Å². The van der Waals surface area contributed by atoms with Gasteiger partial charge in [-0.15, -0.1) is 35.3 Å². The molecule has 1 unspecified atom stereocenters. The summed E-state index contributed by atoms with van der Waals surface area (Å²) in [6.45, 7) is 7.65. The van der Waals surface area contributed by atoms with Gasteiger partial charge >= 0.3 is 0 Å². The molecule has 0 radical (unpaired) electrons. The van der Waals surface area contributed by atoms with Gasteiger partial charge in [-0.2, -0.15) is 0 Å². The van der Waals surface area contributed by atoms with Crippen LogP contribution < -0.4 is 10.6 Å². The van der Waals surface area contributed by atoms with Crippen molar-refractivity contribution in [3.05, 3.63) is 58.3 Å². The number of piperidine rings is 1. The van der Waals surface area contributed by atoms with E-state index < -0.39 is 0 Å². The number of nitrogens with one attached hydrogen (secondary N) is 2. The fourth-order valence-corrected chi connectivity index (χ4v) is 4.33. The Labute approximate surface area is 190 Å². The first kappa shape index (κ1) is 23.2. The molecule has 1 fully saturated rings. The molecule has 0 saturated carbocycles. The molecule has 154 valence electrons. The van der Waals surface area contributed by atoms with Gasteiger partial charge in [-0.25, -0.2) is 0 Å². The Morgan fingerprint density at radius 3 is 2.54 bits per heavy atom. The van der Waals surface area contributed by atoms with Crippen molar-refractivity contribution < 1.29 is 0 Å². The number of nitrogens with zero attached hydrogens (tertiary/aromatic N) is 2. The Kier molecular flexibility index (Phi) is 10.3. The van der Waals surface area contributed by atoms with E-state index in [-0.39, 0.29) is 24.0 Å². The van der Waals surface area contributed by atoms with Crippen LogP contribution >= 0.6 is 35.3 Å². The fraction of sp³-hybridized carbons (Fsp3) is 0.500. The molecule has 2 aromatic rings. The lowest BCUT2D eigenvalue weighted by atomic mass is 9.97. The zero-order valence-electron chi connectivity index (χ0n) is 16.9. The first-order chi connectivity index (χ1) is 13.2. The predicted molar refractivity (Wildman–Crippen MR) is 132 cm³/mol. The quantitative estimate of drug-likeness (QED) is 0.325. The van der Waals surface area contributed by atoms with E-state index >= 15 is 0 Å². The number of aliphatic imine (C=N–C) groups is 1. The second kappa shape index (κ2) is 12.4. The summed E-state index contributed by atoms with van der Waals surface area (Å²) in [4.78, 5) is 8.44. The SMILES string of the molecule is CN=C(NCC1CCN(Cc2cccs2)CC1)NCC(C)c1ccccc1.I. The van der Waals surface area contributed by atoms with Crippen LogP contribution in [-0.2, 0) is 6.54 Å². The summed E-state index contributed by atoms with van der Waals surface area (Å²) in [5.74, 6) is 2.11. The highest BCUT2D eigenvalue weighted by Gasteiger charge is 2.19. The van der Waals surface area contributed by atoms with Gasteiger partial charge in [0.25, 0.3) is 0 Å². The number of benzene rings is 1. The molecule has 6 heteroatoms. The van der Waals surface area contributed by atoms with E-state index in [4.69, 9.17) is 0 Å². The Balaban J connectivity index is 0.00000280. The number of thiophene rings is 1. The number of halogens is 1. The van der Waals surface area contributed by atoms with Crippen molar-refractivity contribution >= 4 is 41.3 Å². The van der Waals surface area contributed by atoms with Gasteiger partial charge in [-0.1, -0.05) is 43.3 Å². The summed E-state index contributed by atoms with van der Waals surface area (Å²) in [5, 5.41) is 9.17. The van der Waals surface area contributed by atoms with E-state index in [1.165, 1.54) is 36.4 Å². The van der Waals surface area contributed by atoms with Crippen LogP contribution in [0.1, 0.15) is 36.1 Å². The highest BCUT2D eigenvalue weighted by molar-refractivity contribution is 14.0. The summed E-state index contributed by atoms with van der Waals surface area (Å²) in [5.41, 5.74) is 1.36. The third-order valence-corrected chi connectivity index (χ3v) is 6.25. The highest BCUT2D eigenvalue weighted by Crippen LogP contribution is 2.20. The first-order valence-electron chi connectivity index (χ1n) is 9.99. The van der Waals surface area contributed by atoms with Crippen molar-refractivity contribution in [3.8, 4) is 0 Å². The summed E-state index contributed by atoms with van der Waals surface area (Å²) in [6, 6.07) is 15.0. The maximum absolute atomic E-state index is 4.39. The first-order valence-corrected chi connectivity index (χ1v) is 10.9. The minimum absolute atomic E-state index is 0. The summed E-state index contributed by atoms with van der Waals surface area (Å²) >= 11 is 1.86. The third kappa shape index (κ3) is 7.37. The van der Waals surface area contributed by atoms with Gasteiger partial charge in [0.1, 0.15) is 0 Å². The van der Waals surface area contributed by atoms with Crippen molar-refractivity contribution in [1.82, 2.24) is 15.5 Å². The smallest absolute Gasteiger partial charge is 0.191 e. The summed E-state index contributed by atoms with van der Waals surface area (Å²) < 4.78 is 0. The van der Waals surface area contributed by atoms with E-state index in [0.717, 1.165) is 31.5 Å². The molecular formula is C22H33IN4S. The minimum atomic E-state index is 0. The summed E-state index contributed by atoms with van der Waals surface area (Å²) in [7, 11) is 1.85. The van der Waals surface area contributed by atoms with Crippen LogP contribution in [0.4, 0.5) is 0 Å². The molecule has 1 aromatic carbocycles. The standard InChI is InChI=1S/C22H32N4S.HI/c1-18(20-7-4-3-5-8-20)15-24-22(23-2)25-16-19-10-12-26(13-11-19)17-21-9-6-14-27-21;/h3-9,14,18-19H,10-13,15-17H2,1-2H3,(H2,23,24,25);1H. The molecule has 3 rings (SSSR count). The molecule has 0 bridgehead atoms. The van der Waals surface area contributed by atoms with E-state index in [1.54, 1.807) is 0 Å². The monoisotopic (exact) mass is 512 g/mol. The summed E-state index contributed by atoms with van der Waals surface area (Å²) in [6.07, 6.45) is 2.52. The number of likely N-dealkylation sites (tertiary alicyclic amines) is 1. The number of guanidine groups is 1. The van der Waals surface area contributed by atoms with Crippen LogP contribution in [-0.4, -0.2) is 44.1 Å². The minimum Gasteiger partial charge on any atom is -0.356 e. The maximum atomic E-state index is 4.39. The number of rotatable bonds is 7. The van der Waals surface area contributed by atoms with Crippen molar-refractivity contribution in [3.63, 3.8) is 0 Å². The molecule has 0 spiro atoms. The molecule has 1 aromatic heterocycles. The van der Waals surface area contributed by atoms with E-state index in [0.29, 0.717) is 5.92 Å². The van der Waals surface area contributed by atoms with Crippen molar-refractivity contribution in [2.45, 2.75) is 32.2 Å². The highest BCUT2D eigenvalue weighted by atomic mass is 127. The Morgan fingerprint density at radius 2 is 1.89 bits per heavy atom. The van der Waals surface area contributed by atoms with Gasteiger partial charge in [-0.3, -0.25) is 9.89 Å². The van der Waals surface area contributed by atoms with E-state index in [2.05, 4.69) is 75.3 Å². The lowest BCUT2D eigenvalue weighted by Gasteiger charge is -2.32. The number of hydrogen-bond acceptors (Lipinski definition) is 3. The van der Waals surface area contributed by atoms with E-state index in [9.17, 15) is 0 Å². The molecule has 4 nitrogen and oxygen atoms in total. The van der Waals surface area contributed by atoms with Crippen LogP contribution in [0.15, 0.2) is 52.8 Å². The average Bonchev–Trinajstić information content (AvgIpc) is 3.23. The molecule has 0 aliphatic carbocycles. The van der Waals surface area contributed by atoms with Crippen LogP contribution in [0.5, 0.6) is 0 Å². The zero-order valence-corrected chi connectivity index (χ0v) is 20.1. The topological polar surface area (TPSA) is 39.7 Å². The lowest BCUT2D eigenvalue weighted by Crippen LogP contribution is -2.43. The van der Waals surface area contributed by atoms with Gasteiger partial charge in [0, 0.05) is 31.6 Å². The van der Waals surface area contributed by atoms with Gasteiger partial charge in [0.2, 0.25) is 0 Å². The van der Waals surface area contributed by atoms with Gasteiger partial charge in [0.15, 0.2) is 5.96 Å². The Hall–Kier alpha value is -1.12.